The molecule has 2 aromatic carbocycles. The van der Waals surface area contributed by atoms with Crippen LogP contribution in [0, 0.1) is 12.8 Å². The van der Waals surface area contributed by atoms with Crippen molar-refractivity contribution in [1.29, 1.82) is 0 Å². The number of likely N-dealkylation sites (tertiary alicyclic amines) is 1. The zero-order valence-electron chi connectivity index (χ0n) is 16.3. The smallest absolute Gasteiger partial charge is 0.193 e. The van der Waals surface area contributed by atoms with E-state index in [0.717, 1.165) is 18.2 Å². The normalized spacial score (nSPS) is 18.0. The molecule has 5 heteroatoms. The fraction of sp³-hybridized carbons (Fsp3) is 0.409. The average molecular weight is 478 g/mol. The maximum absolute atomic E-state index is 6.00. The van der Waals surface area contributed by atoms with Gasteiger partial charge >= 0.3 is 0 Å². The molecule has 1 unspecified atom stereocenters. The van der Waals surface area contributed by atoms with Gasteiger partial charge in [0.15, 0.2) is 5.96 Å². The van der Waals surface area contributed by atoms with Crippen LogP contribution in [0.4, 0.5) is 5.69 Å². The summed E-state index contributed by atoms with van der Waals surface area (Å²) in [5, 5.41) is 3.14. The highest BCUT2D eigenvalue weighted by Gasteiger charge is 2.15. The Morgan fingerprint density at radius 3 is 2.63 bits per heavy atom. The van der Waals surface area contributed by atoms with Crippen LogP contribution in [0.3, 0.4) is 0 Å². The van der Waals surface area contributed by atoms with Gasteiger partial charge in [-0.2, -0.15) is 0 Å². The van der Waals surface area contributed by atoms with E-state index in [9.17, 15) is 0 Å². The lowest BCUT2D eigenvalue weighted by molar-refractivity contribution is 0.176. The molecule has 3 N–H and O–H groups in total. The Labute approximate surface area is 180 Å². The number of benzene rings is 2. The van der Waals surface area contributed by atoms with Crippen LogP contribution in [0.15, 0.2) is 53.5 Å². The van der Waals surface area contributed by atoms with Crippen LogP contribution < -0.4 is 11.1 Å². The van der Waals surface area contributed by atoms with Crippen LogP contribution in [0.5, 0.6) is 0 Å². The van der Waals surface area contributed by atoms with Gasteiger partial charge in [-0.05, 0) is 61.1 Å². The molecule has 0 aromatic heterocycles. The lowest BCUT2D eigenvalue weighted by Gasteiger charge is -2.30. The molecule has 146 valence electrons. The molecule has 1 saturated heterocycles. The number of halogens is 1. The SMILES string of the molecule is Cc1cccc(NC(N)=NCc2ccc(CN3CCCC(C)C3)cc2)c1.I. The van der Waals surface area contributed by atoms with E-state index in [1.54, 1.807) is 0 Å². The van der Waals surface area contributed by atoms with E-state index in [2.05, 4.69) is 65.5 Å². The first-order valence-corrected chi connectivity index (χ1v) is 9.52. The first-order chi connectivity index (χ1) is 12.6. The summed E-state index contributed by atoms with van der Waals surface area (Å²) in [5.74, 6) is 1.27. The van der Waals surface area contributed by atoms with E-state index in [1.165, 1.54) is 42.6 Å². The van der Waals surface area contributed by atoms with Gasteiger partial charge in [0, 0.05) is 18.8 Å². The van der Waals surface area contributed by atoms with Gasteiger partial charge in [-0.15, -0.1) is 24.0 Å². The number of piperidine rings is 1. The van der Waals surface area contributed by atoms with Gasteiger partial charge in [0.25, 0.3) is 0 Å². The molecule has 3 rings (SSSR count). The third kappa shape index (κ3) is 7.14. The second kappa shape index (κ2) is 10.7. The molecule has 1 fully saturated rings. The quantitative estimate of drug-likeness (QED) is 0.370. The van der Waals surface area contributed by atoms with E-state index < -0.39 is 0 Å². The molecule has 2 aromatic rings. The van der Waals surface area contributed by atoms with Crippen molar-refractivity contribution in [2.45, 2.75) is 39.8 Å². The third-order valence-electron chi connectivity index (χ3n) is 4.89. The van der Waals surface area contributed by atoms with Crippen LogP contribution in [-0.4, -0.2) is 23.9 Å². The van der Waals surface area contributed by atoms with E-state index in [-0.39, 0.29) is 24.0 Å². The zero-order chi connectivity index (χ0) is 18.4. The van der Waals surface area contributed by atoms with Crippen molar-refractivity contribution in [1.82, 2.24) is 4.90 Å². The second-order valence-corrected chi connectivity index (χ2v) is 7.49. The molecular weight excluding hydrogens is 447 g/mol. The molecule has 1 aliphatic heterocycles. The van der Waals surface area contributed by atoms with E-state index in [0.29, 0.717) is 12.5 Å². The first kappa shape index (κ1) is 21.7. The van der Waals surface area contributed by atoms with Gasteiger partial charge in [0.05, 0.1) is 6.54 Å². The maximum Gasteiger partial charge on any atom is 0.193 e. The summed E-state index contributed by atoms with van der Waals surface area (Å²) in [6.07, 6.45) is 2.69. The van der Waals surface area contributed by atoms with Gasteiger partial charge in [-0.3, -0.25) is 4.90 Å². The summed E-state index contributed by atoms with van der Waals surface area (Å²) in [6.45, 7) is 8.48. The van der Waals surface area contributed by atoms with E-state index >= 15 is 0 Å². The highest BCUT2D eigenvalue weighted by atomic mass is 127. The fourth-order valence-corrected chi connectivity index (χ4v) is 3.53. The molecule has 1 aliphatic rings. The van der Waals surface area contributed by atoms with Crippen LogP contribution in [0.25, 0.3) is 0 Å². The van der Waals surface area contributed by atoms with Crippen molar-refractivity contribution in [2.75, 3.05) is 18.4 Å². The summed E-state index contributed by atoms with van der Waals surface area (Å²) in [6, 6.07) is 16.9. The number of aliphatic imine (C=N–C) groups is 1. The Balaban J connectivity index is 0.00000261. The Morgan fingerprint density at radius 1 is 1.19 bits per heavy atom. The van der Waals surface area contributed by atoms with E-state index in [1.807, 2.05) is 12.1 Å². The molecule has 4 nitrogen and oxygen atoms in total. The largest absolute Gasteiger partial charge is 0.370 e. The minimum atomic E-state index is 0. The zero-order valence-corrected chi connectivity index (χ0v) is 18.6. The highest BCUT2D eigenvalue weighted by molar-refractivity contribution is 14.0. The predicted molar refractivity (Wildman–Crippen MR) is 126 cm³/mol. The summed E-state index contributed by atoms with van der Waals surface area (Å²) < 4.78 is 0. The fourth-order valence-electron chi connectivity index (χ4n) is 3.53. The molecule has 1 atom stereocenters. The number of guanidine groups is 1. The molecule has 0 amide bonds. The summed E-state index contributed by atoms with van der Waals surface area (Å²) in [7, 11) is 0. The minimum absolute atomic E-state index is 0. The Hall–Kier alpha value is -1.60. The molecule has 0 aliphatic carbocycles. The predicted octanol–water partition coefficient (Wildman–Crippen LogP) is 4.77. The molecule has 27 heavy (non-hydrogen) atoms. The van der Waals surface area contributed by atoms with Crippen LogP contribution in [-0.2, 0) is 13.1 Å². The highest BCUT2D eigenvalue weighted by Crippen LogP contribution is 2.18. The van der Waals surface area contributed by atoms with Crippen molar-refractivity contribution in [2.24, 2.45) is 16.6 Å². The monoisotopic (exact) mass is 478 g/mol. The van der Waals surface area contributed by atoms with Crippen LogP contribution >= 0.6 is 24.0 Å². The third-order valence-corrected chi connectivity index (χ3v) is 4.89. The number of hydrogen-bond donors (Lipinski definition) is 2. The Bertz CT molecular complexity index is 742. The lowest BCUT2D eigenvalue weighted by Crippen LogP contribution is -2.33. The number of nitrogens with zero attached hydrogens (tertiary/aromatic N) is 2. The number of anilines is 1. The molecular formula is C22H31IN4. The van der Waals surface area contributed by atoms with Gasteiger partial charge < -0.3 is 11.1 Å². The van der Waals surface area contributed by atoms with Crippen molar-refractivity contribution < 1.29 is 0 Å². The van der Waals surface area contributed by atoms with Crippen molar-refractivity contribution >= 4 is 35.6 Å². The van der Waals surface area contributed by atoms with Crippen LogP contribution in [0.1, 0.15) is 36.5 Å². The summed E-state index contributed by atoms with van der Waals surface area (Å²) in [4.78, 5) is 7.01. The molecule has 0 bridgehead atoms. The number of rotatable bonds is 5. The number of nitrogens with one attached hydrogen (secondary N) is 1. The average Bonchev–Trinajstić information content (AvgIpc) is 2.61. The second-order valence-electron chi connectivity index (χ2n) is 7.49. The molecule has 1 heterocycles. The number of aryl methyl sites for hydroxylation is 1. The number of hydrogen-bond acceptors (Lipinski definition) is 2. The van der Waals surface area contributed by atoms with Gasteiger partial charge in [0.2, 0.25) is 0 Å². The lowest BCUT2D eigenvalue weighted by atomic mass is 9.99. The summed E-state index contributed by atoms with van der Waals surface area (Å²) in [5.41, 5.74) is 10.7. The van der Waals surface area contributed by atoms with Crippen LogP contribution in [0.2, 0.25) is 0 Å². The van der Waals surface area contributed by atoms with E-state index in [4.69, 9.17) is 5.73 Å². The van der Waals surface area contributed by atoms with Crippen molar-refractivity contribution in [3.63, 3.8) is 0 Å². The molecule has 0 spiro atoms. The van der Waals surface area contributed by atoms with Gasteiger partial charge in [0.1, 0.15) is 0 Å². The van der Waals surface area contributed by atoms with Gasteiger partial charge in [-0.1, -0.05) is 43.3 Å². The summed E-state index contributed by atoms with van der Waals surface area (Å²) >= 11 is 0. The van der Waals surface area contributed by atoms with Gasteiger partial charge in [-0.25, -0.2) is 4.99 Å². The van der Waals surface area contributed by atoms with Crippen molar-refractivity contribution in [3.8, 4) is 0 Å². The Morgan fingerprint density at radius 2 is 1.93 bits per heavy atom. The first-order valence-electron chi connectivity index (χ1n) is 9.52. The van der Waals surface area contributed by atoms with Crippen molar-refractivity contribution in [3.05, 3.63) is 65.2 Å². The molecule has 0 radical (unpaired) electrons. The Kier molecular flexibility index (Phi) is 8.57. The molecule has 0 saturated carbocycles. The topological polar surface area (TPSA) is 53.6 Å². The number of nitrogens with two attached hydrogens (primary N) is 1. The maximum atomic E-state index is 6.00. The standard InChI is InChI=1S/C22H30N4.HI/c1-17-5-3-7-21(13-17)25-22(23)24-14-19-8-10-20(11-9-19)16-26-12-4-6-18(2)15-26;/h3,5,7-11,13,18H,4,6,12,14-16H2,1-2H3,(H3,23,24,25);1H. The minimum Gasteiger partial charge on any atom is -0.370 e.